The van der Waals surface area contributed by atoms with Crippen molar-refractivity contribution in [1.29, 1.82) is 0 Å². The van der Waals surface area contributed by atoms with Gasteiger partial charge in [0.15, 0.2) is 0 Å². The van der Waals surface area contributed by atoms with Gasteiger partial charge in [-0.25, -0.2) is 9.97 Å². The second-order valence-corrected chi connectivity index (χ2v) is 4.40. The van der Waals surface area contributed by atoms with E-state index in [-0.39, 0.29) is 0 Å². The van der Waals surface area contributed by atoms with Crippen LogP contribution in [0.3, 0.4) is 0 Å². The Bertz CT molecular complexity index is 527. The summed E-state index contributed by atoms with van der Waals surface area (Å²) < 4.78 is 0. The lowest BCUT2D eigenvalue weighted by Gasteiger charge is -2.08. The van der Waals surface area contributed by atoms with E-state index in [1.807, 2.05) is 26.0 Å². The number of benzene rings is 1. The number of nitrogens with zero attached hydrogens (tertiary/aromatic N) is 2. The zero-order valence-corrected chi connectivity index (χ0v) is 10.7. The first-order chi connectivity index (χ1) is 8.04. The molecule has 3 heteroatoms. The molecule has 1 N–H and O–H groups in total. The third-order valence-corrected chi connectivity index (χ3v) is 2.75. The van der Waals surface area contributed by atoms with Gasteiger partial charge in [0.2, 0.25) is 5.95 Å². The molecule has 0 amide bonds. The zero-order valence-electron chi connectivity index (χ0n) is 10.7. The maximum atomic E-state index is 4.36. The van der Waals surface area contributed by atoms with Crippen LogP contribution in [0.15, 0.2) is 24.3 Å². The molecule has 1 aromatic carbocycles. The molecule has 0 aliphatic rings. The number of anilines is 2. The molecule has 2 aromatic rings. The maximum Gasteiger partial charge on any atom is 0.227 e. The van der Waals surface area contributed by atoms with Gasteiger partial charge in [0, 0.05) is 17.1 Å². The lowest BCUT2D eigenvalue weighted by molar-refractivity contribution is 1.06. The molecule has 2 rings (SSSR count). The van der Waals surface area contributed by atoms with Gasteiger partial charge >= 0.3 is 0 Å². The second-order valence-electron chi connectivity index (χ2n) is 4.40. The summed E-state index contributed by atoms with van der Waals surface area (Å²) in [6.07, 6.45) is 0. The average Bonchev–Trinajstić information content (AvgIpc) is 2.22. The number of aromatic nitrogens is 2. The molecule has 0 saturated heterocycles. The van der Waals surface area contributed by atoms with Crippen molar-refractivity contribution in [3.8, 4) is 0 Å². The topological polar surface area (TPSA) is 37.8 Å². The van der Waals surface area contributed by atoms with Gasteiger partial charge in [-0.2, -0.15) is 0 Å². The summed E-state index contributed by atoms with van der Waals surface area (Å²) in [7, 11) is 0. The summed E-state index contributed by atoms with van der Waals surface area (Å²) in [5, 5.41) is 3.23. The van der Waals surface area contributed by atoms with Gasteiger partial charge in [-0.05, 0) is 57.0 Å². The highest BCUT2D eigenvalue weighted by molar-refractivity contribution is 5.55. The Balaban J connectivity index is 2.28. The number of rotatable bonds is 2. The molecule has 0 unspecified atom stereocenters. The minimum Gasteiger partial charge on any atom is -0.324 e. The van der Waals surface area contributed by atoms with Crippen LogP contribution in [-0.4, -0.2) is 9.97 Å². The van der Waals surface area contributed by atoms with Crippen LogP contribution in [0, 0.1) is 27.7 Å². The molecule has 0 radical (unpaired) electrons. The molecule has 1 aromatic heterocycles. The normalized spacial score (nSPS) is 10.4. The fourth-order valence-corrected chi connectivity index (χ4v) is 1.73. The van der Waals surface area contributed by atoms with Crippen molar-refractivity contribution in [3.05, 3.63) is 46.8 Å². The van der Waals surface area contributed by atoms with E-state index in [0.717, 1.165) is 17.1 Å². The van der Waals surface area contributed by atoms with E-state index in [4.69, 9.17) is 0 Å². The Kier molecular flexibility index (Phi) is 3.09. The van der Waals surface area contributed by atoms with Crippen molar-refractivity contribution in [2.45, 2.75) is 27.7 Å². The number of hydrogen-bond donors (Lipinski definition) is 1. The fraction of sp³-hybridized carbons (Fsp3) is 0.286. The Morgan fingerprint density at radius 1 is 0.824 bits per heavy atom. The van der Waals surface area contributed by atoms with Crippen molar-refractivity contribution in [2.75, 3.05) is 5.32 Å². The van der Waals surface area contributed by atoms with Gasteiger partial charge in [-0.3, -0.25) is 0 Å². The van der Waals surface area contributed by atoms with E-state index in [1.54, 1.807) is 0 Å². The molecule has 1 heterocycles. The summed E-state index contributed by atoms with van der Waals surface area (Å²) in [4.78, 5) is 8.72. The van der Waals surface area contributed by atoms with Crippen molar-refractivity contribution in [2.24, 2.45) is 0 Å². The van der Waals surface area contributed by atoms with Crippen molar-refractivity contribution in [3.63, 3.8) is 0 Å². The third-order valence-electron chi connectivity index (χ3n) is 2.75. The summed E-state index contributed by atoms with van der Waals surface area (Å²) in [5.74, 6) is 0.658. The quantitative estimate of drug-likeness (QED) is 0.853. The van der Waals surface area contributed by atoms with E-state index in [1.165, 1.54) is 11.1 Å². The molecular formula is C14H17N3. The number of aryl methyl sites for hydroxylation is 4. The Labute approximate surface area is 102 Å². The minimum atomic E-state index is 0.658. The largest absolute Gasteiger partial charge is 0.324 e. The van der Waals surface area contributed by atoms with Crippen LogP contribution in [0.2, 0.25) is 0 Å². The van der Waals surface area contributed by atoms with Gasteiger partial charge in [-0.15, -0.1) is 0 Å². The van der Waals surface area contributed by atoms with Crippen LogP contribution in [0.1, 0.15) is 22.5 Å². The lowest BCUT2D eigenvalue weighted by Crippen LogP contribution is -2.00. The highest BCUT2D eigenvalue weighted by atomic mass is 15.1. The van der Waals surface area contributed by atoms with Crippen molar-refractivity contribution in [1.82, 2.24) is 9.97 Å². The van der Waals surface area contributed by atoms with Crippen LogP contribution in [0.25, 0.3) is 0 Å². The molecule has 0 spiro atoms. The van der Waals surface area contributed by atoms with Crippen LogP contribution in [0.5, 0.6) is 0 Å². The highest BCUT2D eigenvalue weighted by Gasteiger charge is 2.01. The molecule has 3 nitrogen and oxygen atoms in total. The van der Waals surface area contributed by atoms with Gasteiger partial charge in [-0.1, -0.05) is 6.07 Å². The van der Waals surface area contributed by atoms with Gasteiger partial charge in [0.05, 0.1) is 0 Å². The van der Waals surface area contributed by atoms with Crippen molar-refractivity contribution < 1.29 is 0 Å². The van der Waals surface area contributed by atoms with E-state index in [2.05, 4.69) is 41.3 Å². The van der Waals surface area contributed by atoms with Crippen molar-refractivity contribution >= 4 is 11.6 Å². The monoisotopic (exact) mass is 227 g/mol. The Morgan fingerprint density at radius 2 is 1.47 bits per heavy atom. The average molecular weight is 227 g/mol. The molecule has 0 bridgehead atoms. The van der Waals surface area contributed by atoms with E-state index >= 15 is 0 Å². The zero-order chi connectivity index (χ0) is 12.4. The van der Waals surface area contributed by atoms with Crippen LogP contribution in [0.4, 0.5) is 11.6 Å². The summed E-state index contributed by atoms with van der Waals surface area (Å²) >= 11 is 0. The fourth-order valence-electron chi connectivity index (χ4n) is 1.73. The first-order valence-corrected chi connectivity index (χ1v) is 5.71. The van der Waals surface area contributed by atoms with Crippen LogP contribution >= 0.6 is 0 Å². The van der Waals surface area contributed by atoms with Gasteiger partial charge in [0.25, 0.3) is 0 Å². The van der Waals surface area contributed by atoms with Crippen LogP contribution < -0.4 is 5.32 Å². The SMILES string of the molecule is Cc1cc(C)nc(Nc2ccc(C)c(C)c2)n1. The molecule has 0 aliphatic carbocycles. The van der Waals surface area contributed by atoms with Gasteiger partial charge in [0.1, 0.15) is 0 Å². The molecular weight excluding hydrogens is 210 g/mol. The molecule has 0 saturated carbocycles. The van der Waals surface area contributed by atoms with E-state index < -0.39 is 0 Å². The van der Waals surface area contributed by atoms with E-state index in [9.17, 15) is 0 Å². The molecule has 17 heavy (non-hydrogen) atoms. The summed E-state index contributed by atoms with van der Waals surface area (Å²) in [6, 6.07) is 8.21. The smallest absolute Gasteiger partial charge is 0.227 e. The predicted molar refractivity (Wildman–Crippen MR) is 70.7 cm³/mol. The molecule has 0 atom stereocenters. The summed E-state index contributed by atoms with van der Waals surface area (Å²) in [5.41, 5.74) is 5.53. The minimum absolute atomic E-state index is 0.658. The van der Waals surface area contributed by atoms with Crippen LogP contribution in [-0.2, 0) is 0 Å². The molecule has 0 aliphatic heterocycles. The Hall–Kier alpha value is -1.90. The number of hydrogen-bond acceptors (Lipinski definition) is 3. The standard InChI is InChI=1S/C14H17N3/c1-9-5-6-13(7-10(9)2)17-14-15-11(3)8-12(4)16-14/h5-8H,1-4H3,(H,15,16,17). The highest BCUT2D eigenvalue weighted by Crippen LogP contribution is 2.17. The van der Waals surface area contributed by atoms with E-state index in [0.29, 0.717) is 5.95 Å². The first-order valence-electron chi connectivity index (χ1n) is 5.71. The number of nitrogens with one attached hydrogen (secondary N) is 1. The van der Waals surface area contributed by atoms with Gasteiger partial charge < -0.3 is 5.32 Å². The first kappa shape index (κ1) is 11.6. The summed E-state index contributed by atoms with van der Waals surface area (Å²) in [6.45, 7) is 8.15. The molecule has 88 valence electrons. The maximum absolute atomic E-state index is 4.36. The third kappa shape index (κ3) is 2.81. The second kappa shape index (κ2) is 4.53. The Morgan fingerprint density at radius 3 is 2.06 bits per heavy atom. The predicted octanol–water partition coefficient (Wildman–Crippen LogP) is 3.45. The molecule has 0 fully saturated rings. The lowest BCUT2D eigenvalue weighted by atomic mass is 10.1.